The van der Waals surface area contributed by atoms with Crippen molar-refractivity contribution in [3.05, 3.63) is 40.5 Å². The highest BCUT2D eigenvalue weighted by atomic mass is 35.5. The molecule has 0 unspecified atom stereocenters. The number of nitrogens with zero attached hydrogens (tertiary/aromatic N) is 3. The van der Waals surface area contributed by atoms with Crippen LogP contribution in [0.2, 0.25) is 5.02 Å². The molecule has 4 nitrogen and oxygen atoms in total. The number of carbonyl (C=O) groups is 1. The highest BCUT2D eigenvalue weighted by Crippen LogP contribution is 2.27. The van der Waals surface area contributed by atoms with E-state index in [9.17, 15) is 4.79 Å². The van der Waals surface area contributed by atoms with Gasteiger partial charge in [-0.25, -0.2) is 0 Å². The summed E-state index contributed by atoms with van der Waals surface area (Å²) < 4.78 is 0. The predicted molar refractivity (Wildman–Crippen MR) is 103 cm³/mol. The lowest BCUT2D eigenvalue weighted by Crippen LogP contribution is -2.56. The maximum Gasteiger partial charge on any atom is 0.254 e. The Kier molecular flexibility index (Phi) is 5.30. The molecule has 0 N–H and O–H groups in total. The van der Waals surface area contributed by atoms with Crippen molar-refractivity contribution in [1.82, 2.24) is 14.8 Å². The number of para-hydroxylation sites is 1. The molecule has 1 aliphatic heterocycles. The van der Waals surface area contributed by atoms with E-state index in [1.54, 1.807) is 0 Å². The Morgan fingerprint density at radius 2 is 2.12 bits per heavy atom. The molecule has 0 radical (unpaired) electrons. The maximum atomic E-state index is 13.3. The van der Waals surface area contributed by atoms with Gasteiger partial charge >= 0.3 is 0 Å². The minimum absolute atomic E-state index is 0.0830. The van der Waals surface area contributed by atoms with Crippen LogP contribution in [0.1, 0.15) is 43.2 Å². The van der Waals surface area contributed by atoms with Gasteiger partial charge in [0.15, 0.2) is 0 Å². The van der Waals surface area contributed by atoms with Crippen molar-refractivity contribution in [2.45, 2.75) is 46.2 Å². The lowest BCUT2D eigenvalue weighted by molar-refractivity contribution is 0.0373. The Morgan fingerprint density at radius 1 is 1.36 bits per heavy atom. The molecule has 0 aliphatic carbocycles. The van der Waals surface area contributed by atoms with Crippen LogP contribution in [0.5, 0.6) is 0 Å². The first-order valence-electron chi connectivity index (χ1n) is 9.03. The van der Waals surface area contributed by atoms with Gasteiger partial charge in [0.2, 0.25) is 0 Å². The van der Waals surface area contributed by atoms with E-state index in [2.05, 4.69) is 30.7 Å². The van der Waals surface area contributed by atoms with Gasteiger partial charge in [-0.2, -0.15) is 0 Å². The van der Waals surface area contributed by atoms with Crippen molar-refractivity contribution < 1.29 is 4.79 Å². The highest BCUT2D eigenvalue weighted by molar-refractivity contribution is 6.35. The zero-order chi connectivity index (χ0) is 18.1. The average molecular weight is 360 g/mol. The van der Waals surface area contributed by atoms with Crippen molar-refractivity contribution in [2.24, 2.45) is 0 Å². The molecule has 2 aromatic rings. The van der Waals surface area contributed by atoms with Gasteiger partial charge in [0.1, 0.15) is 0 Å². The van der Waals surface area contributed by atoms with E-state index in [0.717, 1.165) is 37.1 Å². The van der Waals surface area contributed by atoms with Crippen molar-refractivity contribution in [2.75, 3.05) is 19.6 Å². The molecule has 1 aromatic heterocycles. The number of rotatable bonds is 3. The van der Waals surface area contributed by atoms with E-state index >= 15 is 0 Å². The Morgan fingerprint density at radius 3 is 2.80 bits per heavy atom. The number of carbonyl (C=O) groups excluding carboxylic acids is 1. The number of piperazine rings is 1. The van der Waals surface area contributed by atoms with E-state index < -0.39 is 0 Å². The van der Waals surface area contributed by atoms with Crippen LogP contribution in [-0.2, 0) is 0 Å². The minimum Gasteiger partial charge on any atom is -0.336 e. The van der Waals surface area contributed by atoms with Crippen molar-refractivity contribution in [3.8, 4) is 0 Å². The first kappa shape index (κ1) is 18.2. The summed E-state index contributed by atoms with van der Waals surface area (Å²) in [6.07, 6.45) is 1.05. The van der Waals surface area contributed by atoms with Gasteiger partial charge in [-0.05, 0) is 39.3 Å². The van der Waals surface area contributed by atoms with Crippen molar-refractivity contribution in [3.63, 3.8) is 0 Å². The lowest BCUT2D eigenvalue weighted by Gasteiger charge is -2.43. The number of hydrogen-bond donors (Lipinski definition) is 0. The molecule has 2 heterocycles. The minimum atomic E-state index is 0.0830. The Labute approximate surface area is 154 Å². The van der Waals surface area contributed by atoms with Crippen LogP contribution in [0.15, 0.2) is 24.3 Å². The molecule has 134 valence electrons. The first-order chi connectivity index (χ1) is 11.9. The normalized spacial score (nSPS) is 19.0. The summed E-state index contributed by atoms with van der Waals surface area (Å²) >= 11 is 6.30. The number of aromatic nitrogens is 1. The molecule has 0 saturated carbocycles. The van der Waals surface area contributed by atoms with Crippen LogP contribution in [0.4, 0.5) is 0 Å². The summed E-state index contributed by atoms with van der Waals surface area (Å²) in [6, 6.07) is 8.43. The largest absolute Gasteiger partial charge is 0.336 e. The summed E-state index contributed by atoms with van der Waals surface area (Å²) in [4.78, 5) is 22.3. The SMILES string of the molecule is CC[C@H]1CN(C(=O)c2cc(C)nc3c(Cl)cccc23)CCN1C(C)C. The standard InChI is InChI=1S/C20H26ClN3O/c1-5-15-12-23(9-10-24(15)13(2)3)20(25)17-11-14(4)22-19-16(17)7-6-8-18(19)21/h6-8,11,13,15H,5,9-10,12H2,1-4H3/t15-/m0/s1. The lowest BCUT2D eigenvalue weighted by atomic mass is 10.0. The zero-order valence-corrected chi connectivity index (χ0v) is 16.2. The number of pyridine rings is 1. The summed E-state index contributed by atoms with van der Waals surface area (Å²) in [7, 11) is 0. The number of benzene rings is 1. The van der Waals surface area contributed by atoms with E-state index in [1.807, 2.05) is 36.1 Å². The molecule has 1 fully saturated rings. The molecule has 0 bridgehead atoms. The molecule has 25 heavy (non-hydrogen) atoms. The number of amides is 1. The summed E-state index contributed by atoms with van der Waals surface area (Å²) in [5.74, 6) is 0.0830. The molecule has 1 atom stereocenters. The highest BCUT2D eigenvalue weighted by Gasteiger charge is 2.31. The number of halogens is 1. The molecule has 1 aromatic carbocycles. The quantitative estimate of drug-likeness (QED) is 0.826. The monoisotopic (exact) mass is 359 g/mol. The van der Waals surface area contributed by atoms with Crippen molar-refractivity contribution >= 4 is 28.4 Å². The van der Waals surface area contributed by atoms with Gasteiger partial charge in [-0.3, -0.25) is 14.7 Å². The molecule has 1 aliphatic rings. The predicted octanol–water partition coefficient (Wildman–Crippen LogP) is 4.14. The third kappa shape index (κ3) is 3.51. The van der Waals surface area contributed by atoms with Crippen LogP contribution in [0, 0.1) is 6.92 Å². The maximum absolute atomic E-state index is 13.3. The zero-order valence-electron chi connectivity index (χ0n) is 15.4. The topological polar surface area (TPSA) is 36.4 Å². The summed E-state index contributed by atoms with van der Waals surface area (Å²) in [5, 5.41) is 1.42. The smallest absolute Gasteiger partial charge is 0.254 e. The Bertz CT molecular complexity index is 790. The third-order valence-electron chi connectivity index (χ3n) is 5.10. The van der Waals surface area contributed by atoms with E-state index in [1.165, 1.54) is 0 Å². The van der Waals surface area contributed by atoms with Gasteiger partial charge in [0, 0.05) is 42.8 Å². The molecule has 3 rings (SSSR count). The van der Waals surface area contributed by atoms with Crippen LogP contribution in [-0.4, -0.2) is 52.4 Å². The van der Waals surface area contributed by atoms with Gasteiger partial charge in [0.25, 0.3) is 5.91 Å². The summed E-state index contributed by atoms with van der Waals surface area (Å²) in [6.45, 7) is 11.0. The number of aryl methyl sites for hydroxylation is 1. The number of fused-ring (bicyclic) bond motifs is 1. The molecular weight excluding hydrogens is 334 g/mol. The average Bonchev–Trinajstić information content (AvgIpc) is 2.60. The fraction of sp³-hybridized carbons (Fsp3) is 0.500. The second kappa shape index (κ2) is 7.30. The van der Waals surface area contributed by atoms with E-state index in [-0.39, 0.29) is 5.91 Å². The Hall–Kier alpha value is -1.65. The van der Waals surface area contributed by atoms with Gasteiger partial charge in [-0.15, -0.1) is 0 Å². The second-order valence-electron chi connectivity index (χ2n) is 7.09. The molecule has 1 saturated heterocycles. The fourth-order valence-electron chi connectivity index (χ4n) is 3.79. The Balaban J connectivity index is 1.94. The van der Waals surface area contributed by atoms with Crippen LogP contribution < -0.4 is 0 Å². The first-order valence-corrected chi connectivity index (χ1v) is 9.41. The molecular formula is C20H26ClN3O. The molecule has 0 spiro atoms. The van der Waals surface area contributed by atoms with Gasteiger partial charge < -0.3 is 4.90 Å². The van der Waals surface area contributed by atoms with Gasteiger partial charge in [0.05, 0.1) is 16.1 Å². The van der Waals surface area contributed by atoms with Crippen LogP contribution in [0.3, 0.4) is 0 Å². The van der Waals surface area contributed by atoms with Crippen LogP contribution >= 0.6 is 11.6 Å². The van der Waals surface area contributed by atoms with Crippen molar-refractivity contribution in [1.29, 1.82) is 0 Å². The van der Waals surface area contributed by atoms with E-state index in [0.29, 0.717) is 28.2 Å². The van der Waals surface area contributed by atoms with Gasteiger partial charge in [-0.1, -0.05) is 30.7 Å². The molecule has 5 heteroatoms. The number of hydrogen-bond acceptors (Lipinski definition) is 3. The van der Waals surface area contributed by atoms with E-state index in [4.69, 9.17) is 11.6 Å². The fourth-order valence-corrected chi connectivity index (χ4v) is 4.00. The second-order valence-corrected chi connectivity index (χ2v) is 7.50. The van der Waals surface area contributed by atoms with Crippen LogP contribution in [0.25, 0.3) is 10.9 Å². The third-order valence-corrected chi connectivity index (χ3v) is 5.40. The summed E-state index contributed by atoms with van der Waals surface area (Å²) in [5.41, 5.74) is 2.23. The molecule has 1 amide bonds.